The van der Waals surface area contributed by atoms with E-state index in [1.54, 1.807) is 14.2 Å². The molecule has 2 aliphatic rings. The quantitative estimate of drug-likeness (QED) is 0.597. The van der Waals surface area contributed by atoms with Crippen molar-refractivity contribution in [3.63, 3.8) is 0 Å². The summed E-state index contributed by atoms with van der Waals surface area (Å²) in [5.74, 6) is -0.654. The number of hydrogen-bond donors (Lipinski definition) is 0. The highest BCUT2D eigenvalue weighted by Gasteiger charge is 2.61. The lowest BCUT2D eigenvalue weighted by Crippen LogP contribution is -2.43. The van der Waals surface area contributed by atoms with Gasteiger partial charge in [0, 0.05) is 14.2 Å². The molecule has 0 aromatic carbocycles. The Morgan fingerprint density at radius 2 is 2.17 bits per heavy atom. The van der Waals surface area contributed by atoms with Gasteiger partial charge in [-0.25, -0.2) is 0 Å². The van der Waals surface area contributed by atoms with Crippen molar-refractivity contribution in [3.05, 3.63) is 0 Å². The Bertz CT molecular complexity index is 184. The van der Waals surface area contributed by atoms with Crippen molar-refractivity contribution in [1.82, 2.24) is 0 Å². The van der Waals surface area contributed by atoms with Gasteiger partial charge in [0.05, 0.1) is 6.10 Å². The first-order chi connectivity index (χ1) is 5.73. The summed E-state index contributed by atoms with van der Waals surface area (Å²) in [6.07, 6.45) is -0.00361. The van der Waals surface area contributed by atoms with Crippen molar-refractivity contribution >= 4 is 0 Å². The Labute approximate surface area is 71.7 Å². The maximum Gasteiger partial charge on any atom is 0.221 e. The van der Waals surface area contributed by atoms with Crippen molar-refractivity contribution in [2.24, 2.45) is 0 Å². The first-order valence-electron chi connectivity index (χ1n) is 4.11. The van der Waals surface area contributed by atoms with E-state index in [9.17, 15) is 0 Å². The first kappa shape index (κ1) is 8.44. The van der Waals surface area contributed by atoms with Crippen LogP contribution >= 0.6 is 0 Å². The van der Waals surface area contributed by atoms with Gasteiger partial charge in [0.15, 0.2) is 0 Å². The van der Waals surface area contributed by atoms with E-state index in [1.165, 1.54) is 0 Å². The Kier molecular flexibility index (Phi) is 1.88. The number of rotatable bonds is 2. The third-order valence-corrected chi connectivity index (χ3v) is 2.66. The second-order valence-corrected chi connectivity index (χ2v) is 3.27. The summed E-state index contributed by atoms with van der Waals surface area (Å²) < 4.78 is 21.7. The standard InChI is InChI=1S/C8H14O4/c1-5-6-7(9-2)8(10-3,12-5)4-11-6/h5-7H,4H2,1-3H3/t5-,6?,7+,8+/m0/s1. The fourth-order valence-electron chi connectivity index (χ4n) is 2.03. The zero-order valence-corrected chi connectivity index (χ0v) is 7.57. The van der Waals surface area contributed by atoms with E-state index >= 15 is 0 Å². The largest absolute Gasteiger partial charge is 0.373 e. The van der Waals surface area contributed by atoms with Gasteiger partial charge in [0.2, 0.25) is 5.79 Å². The van der Waals surface area contributed by atoms with Crippen LogP contribution in [0.4, 0.5) is 0 Å². The van der Waals surface area contributed by atoms with E-state index in [2.05, 4.69) is 0 Å². The predicted octanol–water partition coefficient (Wildman–Crippen LogP) is 0.162. The van der Waals surface area contributed by atoms with Crippen LogP contribution in [0.15, 0.2) is 0 Å². The molecule has 4 atom stereocenters. The zero-order chi connectivity index (χ0) is 8.77. The summed E-state index contributed by atoms with van der Waals surface area (Å²) >= 11 is 0. The maximum atomic E-state index is 5.63. The van der Waals surface area contributed by atoms with E-state index in [0.29, 0.717) is 6.61 Å². The SMILES string of the molecule is CO[C@@H]1C2OC[C@@]1(OC)O[C@H]2C. The second-order valence-electron chi connectivity index (χ2n) is 3.27. The summed E-state index contributed by atoms with van der Waals surface area (Å²) in [7, 11) is 3.28. The van der Waals surface area contributed by atoms with E-state index < -0.39 is 5.79 Å². The normalized spacial score (nSPS) is 51.8. The van der Waals surface area contributed by atoms with Crippen LogP contribution in [0.1, 0.15) is 6.92 Å². The monoisotopic (exact) mass is 174 g/mol. The van der Waals surface area contributed by atoms with E-state index in [4.69, 9.17) is 18.9 Å². The van der Waals surface area contributed by atoms with Crippen LogP contribution in [0, 0.1) is 0 Å². The molecule has 0 aromatic heterocycles. The van der Waals surface area contributed by atoms with Crippen molar-refractivity contribution in [2.75, 3.05) is 20.8 Å². The molecule has 2 aliphatic heterocycles. The van der Waals surface area contributed by atoms with Crippen molar-refractivity contribution < 1.29 is 18.9 Å². The van der Waals surface area contributed by atoms with Gasteiger partial charge in [-0.15, -0.1) is 0 Å². The molecule has 2 bridgehead atoms. The summed E-state index contributed by atoms with van der Waals surface area (Å²) in [6, 6.07) is 0. The summed E-state index contributed by atoms with van der Waals surface area (Å²) in [6.45, 7) is 2.44. The van der Waals surface area contributed by atoms with Gasteiger partial charge in [-0.3, -0.25) is 0 Å². The zero-order valence-electron chi connectivity index (χ0n) is 7.57. The average Bonchev–Trinajstić information content (AvgIpc) is 2.56. The van der Waals surface area contributed by atoms with Crippen LogP contribution in [0.25, 0.3) is 0 Å². The van der Waals surface area contributed by atoms with Crippen molar-refractivity contribution in [3.8, 4) is 0 Å². The lowest BCUT2D eigenvalue weighted by atomic mass is 10.1. The van der Waals surface area contributed by atoms with Crippen LogP contribution in [0.2, 0.25) is 0 Å². The molecule has 0 saturated carbocycles. The minimum Gasteiger partial charge on any atom is -0.373 e. The molecule has 2 saturated heterocycles. The number of methoxy groups -OCH3 is 2. The molecule has 70 valence electrons. The minimum absolute atomic E-state index is 0.0231. The molecular formula is C8H14O4. The lowest BCUT2D eigenvalue weighted by molar-refractivity contribution is -0.264. The van der Waals surface area contributed by atoms with Gasteiger partial charge in [0.1, 0.15) is 18.8 Å². The Morgan fingerprint density at radius 3 is 2.58 bits per heavy atom. The third kappa shape index (κ3) is 0.864. The molecule has 2 fully saturated rings. The van der Waals surface area contributed by atoms with E-state index in [0.717, 1.165) is 0 Å². The summed E-state index contributed by atoms with van der Waals surface area (Å²) in [5, 5.41) is 0. The van der Waals surface area contributed by atoms with Crippen LogP contribution in [0.3, 0.4) is 0 Å². The molecule has 0 amide bonds. The molecule has 1 unspecified atom stereocenters. The molecule has 4 nitrogen and oxygen atoms in total. The van der Waals surface area contributed by atoms with Gasteiger partial charge in [-0.05, 0) is 6.92 Å². The van der Waals surface area contributed by atoms with E-state index in [1.807, 2.05) is 6.92 Å². The Morgan fingerprint density at radius 1 is 1.42 bits per heavy atom. The number of fused-ring (bicyclic) bond motifs is 2. The van der Waals surface area contributed by atoms with Crippen molar-refractivity contribution in [2.45, 2.75) is 31.0 Å². The van der Waals surface area contributed by atoms with Crippen LogP contribution in [-0.4, -0.2) is 44.9 Å². The summed E-state index contributed by atoms with van der Waals surface area (Å²) in [5.41, 5.74) is 0. The molecule has 0 spiro atoms. The van der Waals surface area contributed by atoms with Gasteiger partial charge < -0.3 is 18.9 Å². The van der Waals surface area contributed by atoms with Crippen molar-refractivity contribution in [1.29, 1.82) is 0 Å². The maximum absolute atomic E-state index is 5.63. The highest BCUT2D eigenvalue weighted by atomic mass is 16.8. The van der Waals surface area contributed by atoms with Crippen LogP contribution < -0.4 is 0 Å². The van der Waals surface area contributed by atoms with E-state index in [-0.39, 0.29) is 18.3 Å². The molecule has 4 heteroatoms. The average molecular weight is 174 g/mol. The Hall–Kier alpha value is -0.160. The fourth-order valence-corrected chi connectivity index (χ4v) is 2.03. The molecule has 0 radical (unpaired) electrons. The molecule has 12 heavy (non-hydrogen) atoms. The summed E-state index contributed by atoms with van der Waals surface area (Å²) in [4.78, 5) is 0. The molecule has 2 heterocycles. The highest BCUT2D eigenvalue weighted by molar-refractivity contribution is 5.02. The molecule has 0 aliphatic carbocycles. The van der Waals surface area contributed by atoms with Gasteiger partial charge in [-0.2, -0.15) is 0 Å². The first-order valence-corrected chi connectivity index (χ1v) is 4.11. The fraction of sp³-hybridized carbons (Fsp3) is 1.00. The third-order valence-electron chi connectivity index (χ3n) is 2.66. The minimum atomic E-state index is -0.654. The van der Waals surface area contributed by atoms with Gasteiger partial charge in [-0.1, -0.05) is 0 Å². The highest BCUT2D eigenvalue weighted by Crippen LogP contribution is 2.41. The van der Waals surface area contributed by atoms with Crippen LogP contribution in [0.5, 0.6) is 0 Å². The van der Waals surface area contributed by atoms with Gasteiger partial charge >= 0.3 is 0 Å². The number of ether oxygens (including phenoxy) is 4. The number of hydrogen-bond acceptors (Lipinski definition) is 4. The molecular weight excluding hydrogens is 160 g/mol. The topological polar surface area (TPSA) is 36.9 Å². The van der Waals surface area contributed by atoms with Gasteiger partial charge in [0.25, 0.3) is 0 Å². The smallest absolute Gasteiger partial charge is 0.221 e. The molecule has 0 N–H and O–H groups in total. The second kappa shape index (κ2) is 2.67. The lowest BCUT2D eigenvalue weighted by Gasteiger charge is -2.28. The predicted molar refractivity (Wildman–Crippen MR) is 40.8 cm³/mol. The molecule has 0 aromatic rings. The molecule has 2 rings (SSSR count). The Balaban J connectivity index is 2.23. The van der Waals surface area contributed by atoms with Crippen LogP contribution in [-0.2, 0) is 18.9 Å².